The lowest BCUT2D eigenvalue weighted by Gasteiger charge is -2.10. The maximum Gasteiger partial charge on any atom is 0.200 e. The third-order valence-electron chi connectivity index (χ3n) is 4.65. The fourth-order valence-corrected chi connectivity index (χ4v) is 3.13. The lowest BCUT2D eigenvalue weighted by Crippen LogP contribution is -2.06. The van der Waals surface area contributed by atoms with Crippen LogP contribution in [0.25, 0.3) is 11.6 Å². The van der Waals surface area contributed by atoms with Crippen molar-refractivity contribution in [2.45, 2.75) is 18.3 Å². The lowest BCUT2D eigenvalue weighted by molar-refractivity contribution is 0.143. The first-order valence-corrected chi connectivity index (χ1v) is 8.87. The van der Waals surface area contributed by atoms with E-state index in [0.717, 1.165) is 12.0 Å². The average molecular weight is 384 g/mol. The molecule has 0 aliphatic heterocycles. The Hall–Kier alpha value is -3.00. The lowest BCUT2D eigenvalue weighted by atomic mass is 10.1. The minimum absolute atomic E-state index is 0.0716. The highest BCUT2D eigenvalue weighted by molar-refractivity contribution is 5.44. The van der Waals surface area contributed by atoms with Crippen molar-refractivity contribution in [1.29, 1.82) is 0 Å². The van der Waals surface area contributed by atoms with Crippen LogP contribution in [0.4, 0.5) is 8.78 Å². The summed E-state index contributed by atoms with van der Waals surface area (Å²) < 4.78 is 38.1. The largest absolute Gasteiger partial charge is 0.488 e. The van der Waals surface area contributed by atoms with Crippen molar-refractivity contribution in [3.63, 3.8) is 0 Å². The Kier molecular flexibility index (Phi) is 5.21. The summed E-state index contributed by atoms with van der Waals surface area (Å²) in [6, 6.07) is 4.52. The summed E-state index contributed by atoms with van der Waals surface area (Å²) in [5, 5.41) is 0. The minimum Gasteiger partial charge on any atom is -0.488 e. The molecule has 1 saturated carbocycles. The fourth-order valence-electron chi connectivity index (χ4n) is 3.13. The minimum atomic E-state index is -0.979. The summed E-state index contributed by atoms with van der Waals surface area (Å²) in [5.74, 6) is -0.852. The number of benzene rings is 1. The summed E-state index contributed by atoms with van der Waals surface area (Å²) in [6.45, 7) is 0.452. The van der Waals surface area contributed by atoms with Crippen LogP contribution in [-0.4, -0.2) is 40.3 Å². The average Bonchev–Trinajstić information content (AvgIpc) is 3.53. The maximum absolute atomic E-state index is 14.0. The van der Waals surface area contributed by atoms with Gasteiger partial charge in [-0.2, -0.15) is 4.39 Å². The molecule has 0 saturated heterocycles. The molecule has 1 fully saturated rings. The van der Waals surface area contributed by atoms with Crippen molar-refractivity contribution in [1.82, 2.24) is 19.9 Å². The number of methoxy groups -OCH3 is 1. The summed E-state index contributed by atoms with van der Waals surface area (Å²) in [4.78, 5) is 16.9. The summed E-state index contributed by atoms with van der Waals surface area (Å²) in [5.41, 5.74) is 1.64. The second-order valence-electron chi connectivity index (χ2n) is 6.52. The smallest absolute Gasteiger partial charge is 0.200 e. The highest BCUT2D eigenvalue weighted by atomic mass is 19.2. The van der Waals surface area contributed by atoms with Crippen LogP contribution in [0.5, 0.6) is 5.75 Å². The van der Waals surface area contributed by atoms with E-state index in [9.17, 15) is 8.78 Å². The van der Waals surface area contributed by atoms with Crippen LogP contribution in [0.1, 0.15) is 29.4 Å². The van der Waals surface area contributed by atoms with E-state index in [1.165, 1.54) is 13.2 Å². The predicted octanol–water partition coefficient (Wildman–Crippen LogP) is 3.51. The van der Waals surface area contributed by atoms with Crippen molar-refractivity contribution in [3.05, 3.63) is 65.7 Å². The van der Waals surface area contributed by atoms with Crippen LogP contribution in [0, 0.1) is 11.6 Å². The van der Waals surface area contributed by atoms with Crippen LogP contribution in [0.2, 0.25) is 0 Å². The molecular weight excluding hydrogens is 366 g/mol. The molecule has 1 aliphatic carbocycles. The molecule has 8 heteroatoms. The number of rotatable bonds is 7. The van der Waals surface area contributed by atoms with E-state index in [2.05, 4.69) is 19.9 Å². The number of halogens is 2. The van der Waals surface area contributed by atoms with Gasteiger partial charge in [0.1, 0.15) is 6.61 Å². The fraction of sp³-hybridized carbons (Fsp3) is 0.300. The highest BCUT2D eigenvalue weighted by Gasteiger charge is 2.40. The molecule has 2 atom stereocenters. The van der Waals surface area contributed by atoms with E-state index in [4.69, 9.17) is 9.47 Å². The molecule has 2 aromatic heterocycles. The van der Waals surface area contributed by atoms with Gasteiger partial charge in [-0.1, -0.05) is 0 Å². The predicted molar refractivity (Wildman–Crippen MR) is 96.9 cm³/mol. The molecule has 0 spiro atoms. The zero-order valence-electron chi connectivity index (χ0n) is 15.2. The van der Waals surface area contributed by atoms with Gasteiger partial charge in [-0.15, -0.1) is 0 Å². The second kappa shape index (κ2) is 7.93. The van der Waals surface area contributed by atoms with Crippen LogP contribution in [-0.2, 0) is 4.74 Å². The monoisotopic (exact) mass is 384 g/mol. The molecule has 1 aliphatic rings. The summed E-state index contributed by atoms with van der Waals surface area (Å²) in [6.07, 6.45) is 7.55. The molecule has 6 nitrogen and oxygen atoms in total. The first-order chi connectivity index (χ1) is 13.7. The number of nitrogens with zero attached hydrogens (tertiary/aromatic N) is 4. The Bertz CT molecular complexity index is 954. The molecule has 2 heterocycles. The Morgan fingerprint density at radius 3 is 2.32 bits per heavy atom. The van der Waals surface area contributed by atoms with Gasteiger partial charge in [-0.05, 0) is 47.6 Å². The Morgan fingerprint density at radius 2 is 1.61 bits per heavy atom. The van der Waals surface area contributed by atoms with E-state index < -0.39 is 11.6 Å². The Morgan fingerprint density at radius 1 is 0.929 bits per heavy atom. The van der Waals surface area contributed by atoms with Crippen molar-refractivity contribution in [2.24, 2.45) is 0 Å². The van der Waals surface area contributed by atoms with Crippen LogP contribution in [0.15, 0.2) is 43.0 Å². The van der Waals surface area contributed by atoms with E-state index in [-0.39, 0.29) is 24.2 Å². The van der Waals surface area contributed by atoms with E-state index >= 15 is 0 Å². The van der Waals surface area contributed by atoms with Gasteiger partial charge in [-0.3, -0.25) is 0 Å². The number of ether oxygens (including phenoxy) is 2. The van der Waals surface area contributed by atoms with E-state index in [1.54, 1.807) is 36.9 Å². The second-order valence-corrected chi connectivity index (χ2v) is 6.52. The molecule has 0 unspecified atom stereocenters. The van der Waals surface area contributed by atoms with Gasteiger partial charge in [0.05, 0.1) is 6.61 Å². The third-order valence-corrected chi connectivity index (χ3v) is 4.65. The molecule has 0 amide bonds. The molecule has 0 radical (unpaired) electrons. The van der Waals surface area contributed by atoms with Gasteiger partial charge < -0.3 is 9.47 Å². The Labute approximate surface area is 160 Å². The van der Waals surface area contributed by atoms with Crippen molar-refractivity contribution < 1.29 is 18.3 Å². The third kappa shape index (κ3) is 3.82. The molecule has 1 aromatic carbocycles. The molecule has 3 aromatic rings. The van der Waals surface area contributed by atoms with Crippen molar-refractivity contribution >= 4 is 0 Å². The van der Waals surface area contributed by atoms with Gasteiger partial charge in [0.25, 0.3) is 0 Å². The first-order valence-electron chi connectivity index (χ1n) is 8.87. The molecule has 144 valence electrons. The van der Waals surface area contributed by atoms with Crippen LogP contribution < -0.4 is 4.74 Å². The zero-order valence-corrected chi connectivity index (χ0v) is 15.2. The number of aromatic nitrogens is 4. The topological polar surface area (TPSA) is 70.0 Å². The normalized spacial score (nSPS) is 18.1. The maximum atomic E-state index is 14.0. The quantitative estimate of drug-likeness (QED) is 0.581. The number of hydrogen-bond donors (Lipinski definition) is 0. The molecule has 0 N–H and O–H groups in total. The van der Waals surface area contributed by atoms with Crippen molar-refractivity contribution in [3.8, 4) is 17.4 Å². The van der Waals surface area contributed by atoms with Gasteiger partial charge >= 0.3 is 0 Å². The summed E-state index contributed by atoms with van der Waals surface area (Å²) >= 11 is 0. The molecule has 0 bridgehead atoms. The Balaban J connectivity index is 1.49. The van der Waals surface area contributed by atoms with Crippen molar-refractivity contribution in [2.75, 3.05) is 20.3 Å². The molecule has 28 heavy (non-hydrogen) atoms. The zero-order chi connectivity index (χ0) is 19.5. The van der Waals surface area contributed by atoms with Gasteiger partial charge in [0.2, 0.25) is 5.82 Å². The van der Waals surface area contributed by atoms with Crippen LogP contribution in [0.3, 0.4) is 0 Å². The SMILES string of the molecule is COCCOc1cc([C@H]2C[C@H]2c2cnc(-c3ncccn3)nc2)cc(F)c1F. The van der Waals surface area contributed by atoms with Gasteiger partial charge in [0.15, 0.2) is 23.2 Å². The van der Waals surface area contributed by atoms with Gasteiger partial charge in [0, 0.05) is 31.9 Å². The van der Waals surface area contributed by atoms with Crippen LogP contribution >= 0.6 is 0 Å². The first kappa shape index (κ1) is 18.4. The van der Waals surface area contributed by atoms with E-state index in [0.29, 0.717) is 23.8 Å². The number of hydrogen-bond acceptors (Lipinski definition) is 6. The standard InChI is InChI=1S/C20H18F2N4O2/c1-27-5-6-28-17-8-12(7-16(21)18(17)22)14-9-15(14)13-10-25-20(26-11-13)19-23-3-2-4-24-19/h2-4,7-8,10-11,14-15H,5-6,9H2,1H3/t14-,15+/m1/s1. The molecule has 4 rings (SSSR count). The molecular formula is C20H18F2N4O2. The highest BCUT2D eigenvalue weighted by Crippen LogP contribution is 2.55. The van der Waals surface area contributed by atoms with E-state index in [1.807, 2.05) is 0 Å². The van der Waals surface area contributed by atoms with Gasteiger partial charge in [-0.25, -0.2) is 24.3 Å². The summed E-state index contributed by atoms with van der Waals surface area (Å²) in [7, 11) is 1.52.